The number of hydrogen-bond acceptors (Lipinski definition) is 11. The molecule has 3 N–H and O–H groups in total. The molecule has 1 unspecified atom stereocenters. The molecule has 4 aromatic heterocycles. The molecule has 3 atom stereocenters. The highest BCUT2D eigenvalue weighted by Crippen LogP contribution is 2.35. The van der Waals surface area contributed by atoms with E-state index < -0.39 is 24.5 Å². The number of aliphatic hydroxyl groups excluding tert-OH is 1. The number of ketones is 1. The van der Waals surface area contributed by atoms with Crippen LogP contribution in [0.1, 0.15) is 129 Å². The first kappa shape index (κ1) is 43.9. The summed E-state index contributed by atoms with van der Waals surface area (Å²) in [6, 6.07) is 6.67. The number of imidazole rings is 1. The van der Waals surface area contributed by atoms with E-state index in [9.17, 15) is 33.1 Å². The molecule has 18 heteroatoms. The maximum absolute atomic E-state index is 14.3. The second kappa shape index (κ2) is 19.0. The van der Waals surface area contributed by atoms with Gasteiger partial charge < -0.3 is 20.1 Å². The Kier molecular flexibility index (Phi) is 13.0. The van der Waals surface area contributed by atoms with Gasteiger partial charge in [0, 0.05) is 64.1 Å². The van der Waals surface area contributed by atoms with Crippen molar-refractivity contribution in [3.05, 3.63) is 75.7 Å². The summed E-state index contributed by atoms with van der Waals surface area (Å²) in [6.07, 6.45) is 12.5. The number of imide groups is 1. The molecule has 4 fully saturated rings. The Hall–Kier alpha value is -5.33. The number of benzene rings is 1. The van der Waals surface area contributed by atoms with E-state index in [1.165, 1.54) is 15.3 Å². The summed E-state index contributed by atoms with van der Waals surface area (Å²) in [6.45, 7) is 3.51. The van der Waals surface area contributed by atoms with Gasteiger partial charge in [-0.25, -0.2) is 23.1 Å². The zero-order valence-electron chi connectivity index (χ0n) is 36.3. The van der Waals surface area contributed by atoms with Gasteiger partial charge in [0.25, 0.3) is 6.43 Å². The number of piperidine rings is 2. The molecule has 16 nitrogen and oxygen atoms in total. The van der Waals surface area contributed by atoms with Crippen LogP contribution in [0.25, 0.3) is 16.7 Å². The van der Waals surface area contributed by atoms with Gasteiger partial charge in [-0.2, -0.15) is 10.2 Å². The Morgan fingerprint density at radius 2 is 1.80 bits per heavy atom. The first-order valence-electron chi connectivity index (χ1n) is 23.1. The lowest BCUT2D eigenvalue weighted by atomic mass is 9.85. The lowest BCUT2D eigenvalue weighted by Gasteiger charge is -2.36. The van der Waals surface area contributed by atoms with Gasteiger partial charge in [0.2, 0.25) is 11.8 Å². The number of aliphatic hydroxyl groups is 1. The summed E-state index contributed by atoms with van der Waals surface area (Å²) in [5.41, 5.74) is 2.69. The van der Waals surface area contributed by atoms with Crippen LogP contribution >= 0.6 is 0 Å². The fourth-order valence-electron chi connectivity index (χ4n) is 10.5. The summed E-state index contributed by atoms with van der Waals surface area (Å²) in [5, 5.41) is 24.7. The van der Waals surface area contributed by atoms with Crippen molar-refractivity contribution in [3.63, 3.8) is 0 Å². The molecular formula is C46H58F2N10O6. The van der Waals surface area contributed by atoms with Crippen molar-refractivity contribution >= 4 is 40.1 Å². The van der Waals surface area contributed by atoms with E-state index in [4.69, 9.17) is 4.74 Å². The molecule has 2 amide bonds. The highest BCUT2D eigenvalue weighted by molar-refractivity contribution is 6.02. The van der Waals surface area contributed by atoms with Gasteiger partial charge in [-0.3, -0.25) is 33.5 Å². The normalized spacial score (nSPS) is 23.9. The SMILES string of the molecule is Cn1c(=O)n(C2CCC(=O)NC2=O)c2cccc(CCCOC3CCN(CC4CCC(n5cc(CC(=O)c6cnn7ccc(N[C@@H]8CCCC[C@H]8O)nc67)c(C(F)F)n5)CC4)CC3)c21. The van der Waals surface area contributed by atoms with E-state index in [0.717, 1.165) is 108 Å². The lowest BCUT2D eigenvalue weighted by Crippen LogP contribution is -2.44. The van der Waals surface area contributed by atoms with Gasteiger partial charge in [0.1, 0.15) is 17.6 Å². The minimum atomic E-state index is -2.81. The number of rotatable bonds is 15. The zero-order chi connectivity index (χ0) is 44.5. The van der Waals surface area contributed by atoms with Gasteiger partial charge >= 0.3 is 5.69 Å². The number of ether oxygens (including phenoxy) is 1. The summed E-state index contributed by atoms with van der Waals surface area (Å²) in [4.78, 5) is 58.4. The first-order valence-corrected chi connectivity index (χ1v) is 23.1. The minimum absolute atomic E-state index is 0.0127. The number of aromatic nitrogens is 7. The topological polar surface area (TPSA) is 183 Å². The molecular weight excluding hydrogens is 827 g/mol. The van der Waals surface area contributed by atoms with Crippen LogP contribution in [0.4, 0.5) is 14.6 Å². The third-order valence-electron chi connectivity index (χ3n) is 14.0. The number of Topliss-reactive ketones (excluding diaryl/α,β-unsaturated/α-hetero) is 1. The van der Waals surface area contributed by atoms with E-state index in [-0.39, 0.29) is 65.2 Å². The van der Waals surface area contributed by atoms with Crippen LogP contribution in [-0.2, 0) is 34.2 Å². The largest absolute Gasteiger partial charge is 0.391 e. The molecule has 342 valence electrons. The number of likely N-dealkylation sites (tertiary alicyclic amines) is 1. The number of halogens is 2. The third kappa shape index (κ3) is 9.27. The average Bonchev–Trinajstić information content (AvgIpc) is 3.98. The van der Waals surface area contributed by atoms with Crippen LogP contribution < -0.4 is 16.3 Å². The Morgan fingerprint density at radius 1 is 1.00 bits per heavy atom. The molecule has 0 bridgehead atoms. The monoisotopic (exact) mass is 884 g/mol. The predicted molar refractivity (Wildman–Crippen MR) is 233 cm³/mol. The number of amides is 2. The second-order valence-corrected chi connectivity index (χ2v) is 18.3. The predicted octanol–water partition coefficient (Wildman–Crippen LogP) is 5.48. The van der Waals surface area contributed by atoms with Crippen LogP contribution in [0.15, 0.2) is 47.7 Å². The van der Waals surface area contributed by atoms with Crippen molar-refractivity contribution in [3.8, 4) is 0 Å². The summed E-state index contributed by atoms with van der Waals surface area (Å²) in [7, 11) is 1.72. The molecule has 4 aliphatic rings. The fraction of sp³-hybridized carbons (Fsp3) is 0.587. The van der Waals surface area contributed by atoms with Crippen LogP contribution in [0.2, 0.25) is 0 Å². The molecule has 1 aromatic carbocycles. The van der Waals surface area contributed by atoms with E-state index in [1.807, 2.05) is 18.2 Å². The summed E-state index contributed by atoms with van der Waals surface area (Å²) in [5.74, 6) is -0.0854. The van der Waals surface area contributed by atoms with Gasteiger partial charge in [0.15, 0.2) is 11.4 Å². The number of aryl methyl sites for hydroxylation is 2. The van der Waals surface area contributed by atoms with Crippen molar-refractivity contribution < 1.29 is 33.0 Å². The number of hydrogen-bond donors (Lipinski definition) is 3. The molecule has 2 saturated carbocycles. The molecule has 6 heterocycles. The molecule has 64 heavy (non-hydrogen) atoms. The smallest absolute Gasteiger partial charge is 0.329 e. The molecule has 2 aliphatic carbocycles. The summed E-state index contributed by atoms with van der Waals surface area (Å²) >= 11 is 0. The Labute approximate surface area is 369 Å². The Balaban J connectivity index is 0.728. The molecule has 5 aromatic rings. The molecule has 0 spiro atoms. The number of carbonyl (C=O) groups excluding carboxylic acids is 3. The molecule has 2 aliphatic heterocycles. The van der Waals surface area contributed by atoms with Crippen molar-refractivity contribution in [2.75, 3.05) is 31.6 Å². The maximum Gasteiger partial charge on any atom is 0.329 e. The van der Waals surface area contributed by atoms with Crippen molar-refractivity contribution in [2.24, 2.45) is 13.0 Å². The lowest BCUT2D eigenvalue weighted by molar-refractivity contribution is -0.135. The van der Waals surface area contributed by atoms with Gasteiger partial charge in [-0.1, -0.05) is 25.0 Å². The Morgan fingerprint density at radius 3 is 2.56 bits per heavy atom. The minimum Gasteiger partial charge on any atom is -0.391 e. The van der Waals surface area contributed by atoms with Crippen molar-refractivity contribution in [1.82, 2.24) is 43.7 Å². The second-order valence-electron chi connectivity index (χ2n) is 18.3. The molecule has 2 saturated heterocycles. The van der Waals surface area contributed by atoms with Crippen LogP contribution in [-0.4, -0.2) is 106 Å². The third-order valence-corrected chi connectivity index (χ3v) is 14.0. The zero-order valence-corrected chi connectivity index (χ0v) is 36.3. The van der Waals surface area contributed by atoms with E-state index in [1.54, 1.807) is 34.8 Å². The first-order chi connectivity index (χ1) is 31.0. The van der Waals surface area contributed by atoms with Crippen LogP contribution in [0.3, 0.4) is 0 Å². The van der Waals surface area contributed by atoms with E-state index >= 15 is 0 Å². The number of nitrogens with zero attached hydrogens (tertiary/aromatic N) is 8. The number of anilines is 1. The number of fused-ring (bicyclic) bond motifs is 2. The number of para-hydroxylation sites is 1. The van der Waals surface area contributed by atoms with Crippen molar-refractivity contribution in [2.45, 2.75) is 133 Å². The van der Waals surface area contributed by atoms with E-state index in [2.05, 4.69) is 30.7 Å². The highest BCUT2D eigenvalue weighted by Gasteiger charge is 2.33. The molecule has 9 rings (SSSR count). The highest BCUT2D eigenvalue weighted by atomic mass is 19.3. The number of carbonyl (C=O) groups is 3. The van der Waals surface area contributed by atoms with Crippen molar-refractivity contribution in [1.29, 1.82) is 0 Å². The average molecular weight is 885 g/mol. The summed E-state index contributed by atoms with van der Waals surface area (Å²) < 4.78 is 41.3. The molecule has 0 radical (unpaired) electrons. The standard InChI is InChI=1S/C46H58F2N10O6/c1-54-42-29(6-4-9-35(42)58(46(54)63)36-15-16-40(61)52-45(36)62)7-5-23-64-32-17-20-55(21-18-32)26-28-11-13-31(14-12-28)57-27-30(41(53-57)43(47)48)24-38(60)33-25-49-56-22-19-39(51-44(33)56)50-34-8-2-3-10-37(34)59/h4,6,9,19,22,25,27-28,31-32,34,36-37,43,59H,2-3,5,7-8,10-18,20-21,23-24,26H2,1H3,(H,50,51)(H,52,61,62)/t28?,31?,34-,36?,37-/m1/s1. The number of nitrogens with one attached hydrogen (secondary N) is 2. The maximum atomic E-state index is 14.3. The Bertz CT molecular complexity index is 2550. The number of alkyl halides is 2. The van der Waals surface area contributed by atoms with Gasteiger partial charge in [-0.05, 0) is 94.2 Å². The quantitative estimate of drug-likeness (QED) is 0.0688. The van der Waals surface area contributed by atoms with E-state index in [0.29, 0.717) is 35.9 Å². The van der Waals surface area contributed by atoms with Gasteiger partial charge in [-0.15, -0.1) is 0 Å². The van der Waals surface area contributed by atoms with Crippen LogP contribution in [0.5, 0.6) is 0 Å². The van der Waals surface area contributed by atoms with Crippen LogP contribution in [0, 0.1) is 5.92 Å². The fourth-order valence-corrected chi connectivity index (χ4v) is 10.5. The van der Waals surface area contributed by atoms with Gasteiger partial charge in [0.05, 0.1) is 47.1 Å².